The van der Waals surface area contributed by atoms with E-state index in [1.807, 2.05) is 6.92 Å². The first kappa shape index (κ1) is 20.5. The van der Waals surface area contributed by atoms with Gasteiger partial charge in [0.05, 0.1) is 13.1 Å². The Bertz CT molecular complexity index is 466. The second kappa shape index (κ2) is 12.0. The first-order valence-corrected chi connectivity index (χ1v) is 7.79. The van der Waals surface area contributed by atoms with Crippen LogP contribution >= 0.6 is 11.6 Å². The van der Waals surface area contributed by atoms with Crippen LogP contribution in [-0.2, 0) is 4.79 Å². The Kier molecular flexibility index (Phi) is 11.2. The molecule has 0 amide bonds. The van der Waals surface area contributed by atoms with Crippen molar-refractivity contribution in [2.45, 2.75) is 39.2 Å². The SMILES string of the molecule is C#CN.C1CC[NH2+]C1.CCC(=O)C(O)c1cc(C)cc(Cl)c1. The zero-order valence-corrected chi connectivity index (χ0v) is 14.1. The van der Waals surface area contributed by atoms with Crippen LogP contribution in [0.3, 0.4) is 0 Å². The number of benzene rings is 1. The number of terminal acetylenes is 1. The summed E-state index contributed by atoms with van der Waals surface area (Å²) in [6.45, 7) is 6.35. The number of carbonyl (C=O) groups is 1. The van der Waals surface area contributed by atoms with Crippen molar-refractivity contribution in [3.63, 3.8) is 0 Å². The predicted molar refractivity (Wildman–Crippen MR) is 90.4 cm³/mol. The van der Waals surface area contributed by atoms with Crippen LogP contribution in [0, 0.1) is 19.4 Å². The summed E-state index contributed by atoms with van der Waals surface area (Å²) in [7, 11) is 0. The lowest BCUT2D eigenvalue weighted by atomic mass is 10.0. The highest BCUT2D eigenvalue weighted by Gasteiger charge is 2.15. The van der Waals surface area contributed by atoms with Crippen molar-refractivity contribution < 1.29 is 15.2 Å². The predicted octanol–water partition coefficient (Wildman–Crippen LogP) is 1.54. The lowest BCUT2D eigenvalue weighted by molar-refractivity contribution is -0.635. The quantitative estimate of drug-likeness (QED) is 0.582. The van der Waals surface area contributed by atoms with E-state index in [0.717, 1.165) is 5.56 Å². The minimum absolute atomic E-state index is 0.188. The van der Waals surface area contributed by atoms with Gasteiger partial charge in [0.25, 0.3) is 0 Å². The molecular formula is C17H26ClN2O2+. The molecule has 0 bridgehead atoms. The fourth-order valence-electron chi connectivity index (χ4n) is 2.02. The number of hydrogen-bond donors (Lipinski definition) is 3. The van der Waals surface area contributed by atoms with Crippen LogP contribution in [0.5, 0.6) is 0 Å². The Balaban J connectivity index is 0.000000451. The number of halogens is 1. The Morgan fingerprint density at radius 1 is 1.45 bits per heavy atom. The summed E-state index contributed by atoms with van der Waals surface area (Å²) in [5.74, 6) is -0.188. The molecule has 2 rings (SSSR count). The number of aryl methyl sites for hydroxylation is 1. The molecule has 5 heteroatoms. The number of nitrogens with two attached hydrogens (primary N) is 2. The van der Waals surface area contributed by atoms with Gasteiger partial charge in [-0.25, -0.2) is 0 Å². The van der Waals surface area contributed by atoms with E-state index >= 15 is 0 Å². The molecule has 1 aliphatic rings. The van der Waals surface area contributed by atoms with E-state index in [2.05, 4.69) is 17.5 Å². The van der Waals surface area contributed by atoms with Gasteiger partial charge in [0.15, 0.2) is 5.78 Å². The number of Topliss-reactive ketones (excluding diaryl/α,β-unsaturated/α-hetero) is 1. The van der Waals surface area contributed by atoms with Gasteiger partial charge in [-0.05, 0) is 36.2 Å². The molecule has 1 heterocycles. The van der Waals surface area contributed by atoms with Crippen LogP contribution in [0.25, 0.3) is 0 Å². The molecule has 22 heavy (non-hydrogen) atoms. The Morgan fingerprint density at radius 3 is 2.36 bits per heavy atom. The van der Waals surface area contributed by atoms with Crippen LogP contribution in [0.2, 0.25) is 5.02 Å². The number of quaternary nitrogens is 1. The minimum atomic E-state index is -1.04. The van der Waals surface area contributed by atoms with Crippen LogP contribution in [0.15, 0.2) is 18.2 Å². The van der Waals surface area contributed by atoms with Gasteiger partial charge in [-0.1, -0.05) is 31.0 Å². The molecule has 5 N–H and O–H groups in total. The molecule has 0 saturated carbocycles. The summed E-state index contributed by atoms with van der Waals surface area (Å²) in [5, 5.41) is 12.5. The summed E-state index contributed by atoms with van der Waals surface area (Å²) in [6.07, 6.45) is 6.55. The lowest BCUT2D eigenvalue weighted by Gasteiger charge is -2.09. The summed E-state index contributed by atoms with van der Waals surface area (Å²) in [5.41, 5.74) is 5.89. The molecule has 1 atom stereocenters. The third-order valence-corrected chi connectivity index (χ3v) is 3.32. The second-order valence-electron chi connectivity index (χ2n) is 5.02. The van der Waals surface area contributed by atoms with Gasteiger partial charge in [0.2, 0.25) is 0 Å². The van der Waals surface area contributed by atoms with E-state index in [-0.39, 0.29) is 5.78 Å². The molecule has 0 spiro atoms. The molecule has 0 aliphatic carbocycles. The van der Waals surface area contributed by atoms with E-state index in [1.165, 1.54) is 25.9 Å². The van der Waals surface area contributed by atoms with E-state index in [4.69, 9.17) is 11.6 Å². The van der Waals surface area contributed by atoms with Gasteiger partial charge in [0, 0.05) is 24.3 Å². The normalized spacial score (nSPS) is 13.8. The molecule has 1 aromatic rings. The minimum Gasteiger partial charge on any atom is -0.381 e. The molecule has 0 aromatic heterocycles. The number of carbonyl (C=O) groups excluding carboxylic acids is 1. The first-order valence-electron chi connectivity index (χ1n) is 7.42. The highest BCUT2D eigenvalue weighted by atomic mass is 35.5. The number of hydrogen-bond acceptors (Lipinski definition) is 3. The number of rotatable bonds is 3. The highest BCUT2D eigenvalue weighted by molar-refractivity contribution is 6.30. The molecule has 1 fully saturated rings. The van der Waals surface area contributed by atoms with Crippen molar-refractivity contribution in [2.75, 3.05) is 13.1 Å². The molecule has 0 radical (unpaired) electrons. The van der Waals surface area contributed by atoms with Gasteiger partial charge in [-0.2, -0.15) is 0 Å². The molecule has 1 aromatic carbocycles. The van der Waals surface area contributed by atoms with Crippen LogP contribution < -0.4 is 11.1 Å². The maximum absolute atomic E-state index is 11.2. The summed E-state index contributed by atoms with van der Waals surface area (Å²) in [4.78, 5) is 11.2. The molecule has 4 nitrogen and oxygen atoms in total. The first-order chi connectivity index (χ1) is 10.5. The lowest BCUT2D eigenvalue weighted by Crippen LogP contribution is -2.80. The molecule has 122 valence electrons. The number of ketones is 1. The second-order valence-corrected chi connectivity index (χ2v) is 5.46. The zero-order valence-electron chi connectivity index (χ0n) is 13.3. The summed E-state index contributed by atoms with van der Waals surface area (Å²) in [6, 6.07) is 6.92. The Morgan fingerprint density at radius 2 is 2.00 bits per heavy atom. The topological polar surface area (TPSA) is 79.9 Å². The standard InChI is InChI=1S/C11H13ClO2.C4H9N.C2H3N/c1-3-10(13)11(14)8-4-7(2)5-9(12)6-8;1-2-4-5-3-1;1-2-3/h4-6,11,14H,3H2,1-2H3;5H,1-4H2;1H,3H2/p+1. The largest absolute Gasteiger partial charge is 0.381 e. The van der Waals surface area contributed by atoms with Gasteiger partial charge in [-0.15, -0.1) is 0 Å². The number of aliphatic hydroxyl groups is 1. The maximum atomic E-state index is 11.2. The number of aliphatic hydroxyl groups excluding tert-OH is 1. The van der Waals surface area contributed by atoms with Gasteiger partial charge in [-0.3, -0.25) is 4.79 Å². The highest BCUT2D eigenvalue weighted by Crippen LogP contribution is 2.21. The van der Waals surface area contributed by atoms with E-state index in [9.17, 15) is 9.90 Å². The van der Waals surface area contributed by atoms with Crippen LogP contribution in [0.4, 0.5) is 0 Å². The van der Waals surface area contributed by atoms with E-state index in [0.29, 0.717) is 17.0 Å². The van der Waals surface area contributed by atoms with Crippen molar-refractivity contribution in [1.29, 1.82) is 0 Å². The maximum Gasteiger partial charge on any atom is 0.165 e. The molecular weight excluding hydrogens is 300 g/mol. The van der Waals surface area contributed by atoms with Gasteiger partial charge >= 0.3 is 0 Å². The van der Waals surface area contributed by atoms with Gasteiger partial charge < -0.3 is 16.2 Å². The average Bonchev–Trinajstić information content (AvgIpc) is 3.05. The van der Waals surface area contributed by atoms with Gasteiger partial charge in [0.1, 0.15) is 6.10 Å². The zero-order chi connectivity index (χ0) is 17.0. The van der Waals surface area contributed by atoms with Crippen LogP contribution in [-0.4, -0.2) is 24.0 Å². The third-order valence-electron chi connectivity index (χ3n) is 3.10. The average molecular weight is 326 g/mol. The van der Waals surface area contributed by atoms with E-state index < -0.39 is 6.10 Å². The van der Waals surface area contributed by atoms with Crippen molar-refractivity contribution in [3.8, 4) is 12.5 Å². The summed E-state index contributed by atoms with van der Waals surface area (Å²) < 4.78 is 0. The smallest absolute Gasteiger partial charge is 0.165 e. The Hall–Kier alpha value is -1.54. The van der Waals surface area contributed by atoms with Crippen molar-refractivity contribution in [1.82, 2.24) is 0 Å². The fraction of sp³-hybridized carbons (Fsp3) is 0.471. The fourth-order valence-corrected chi connectivity index (χ4v) is 2.32. The Labute approximate surface area is 138 Å². The van der Waals surface area contributed by atoms with Crippen LogP contribution in [0.1, 0.15) is 43.4 Å². The van der Waals surface area contributed by atoms with Crippen molar-refractivity contribution in [3.05, 3.63) is 34.3 Å². The van der Waals surface area contributed by atoms with Crippen molar-refractivity contribution >= 4 is 17.4 Å². The molecule has 1 aliphatic heterocycles. The van der Waals surface area contributed by atoms with E-state index in [1.54, 1.807) is 31.2 Å². The van der Waals surface area contributed by atoms with Crippen molar-refractivity contribution in [2.24, 2.45) is 5.73 Å². The molecule has 1 saturated heterocycles. The third kappa shape index (κ3) is 8.68. The monoisotopic (exact) mass is 325 g/mol. The molecule has 1 unspecified atom stereocenters. The summed E-state index contributed by atoms with van der Waals surface area (Å²) >= 11 is 5.82.